The standard InChI is InChI=1S/C12H17NO/c1-8-3-2-4-10(12(8)14)11(13)7-9-5-6-9/h2-4,9,11,14H,5-7,13H2,1H3/t11-/m1/s1. The van der Waals surface area contributed by atoms with Crippen LogP contribution in [0.5, 0.6) is 5.75 Å². The topological polar surface area (TPSA) is 46.2 Å². The maximum atomic E-state index is 9.82. The molecular weight excluding hydrogens is 174 g/mol. The molecule has 1 aliphatic carbocycles. The van der Waals surface area contributed by atoms with Crippen molar-refractivity contribution in [2.45, 2.75) is 32.2 Å². The van der Waals surface area contributed by atoms with Crippen LogP contribution in [0.2, 0.25) is 0 Å². The Balaban J connectivity index is 2.16. The summed E-state index contributed by atoms with van der Waals surface area (Å²) in [4.78, 5) is 0. The Labute approximate surface area is 84.7 Å². The van der Waals surface area contributed by atoms with E-state index in [0.29, 0.717) is 5.75 Å². The summed E-state index contributed by atoms with van der Waals surface area (Å²) in [5.74, 6) is 1.17. The third-order valence-corrected chi connectivity index (χ3v) is 2.95. The summed E-state index contributed by atoms with van der Waals surface area (Å²) < 4.78 is 0. The second-order valence-corrected chi connectivity index (χ2v) is 4.30. The van der Waals surface area contributed by atoms with Crippen molar-refractivity contribution < 1.29 is 5.11 Å². The lowest BCUT2D eigenvalue weighted by Gasteiger charge is -2.14. The van der Waals surface area contributed by atoms with Gasteiger partial charge in [0.1, 0.15) is 5.75 Å². The van der Waals surface area contributed by atoms with Gasteiger partial charge < -0.3 is 10.8 Å². The van der Waals surface area contributed by atoms with Crippen molar-refractivity contribution in [1.29, 1.82) is 0 Å². The number of para-hydroxylation sites is 1. The molecule has 0 spiro atoms. The van der Waals surface area contributed by atoms with Crippen LogP contribution in [0.15, 0.2) is 18.2 Å². The first kappa shape index (κ1) is 9.53. The SMILES string of the molecule is Cc1cccc([C@H](N)CC2CC2)c1O. The van der Waals surface area contributed by atoms with Gasteiger partial charge in [0, 0.05) is 11.6 Å². The van der Waals surface area contributed by atoms with Gasteiger partial charge in [-0.15, -0.1) is 0 Å². The quantitative estimate of drug-likeness (QED) is 0.771. The molecule has 14 heavy (non-hydrogen) atoms. The fourth-order valence-corrected chi connectivity index (χ4v) is 1.82. The van der Waals surface area contributed by atoms with Crippen molar-refractivity contribution in [3.05, 3.63) is 29.3 Å². The van der Waals surface area contributed by atoms with Gasteiger partial charge >= 0.3 is 0 Å². The predicted molar refractivity (Wildman–Crippen MR) is 57.1 cm³/mol. The number of nitrogens with two attached hydrogens (primary N) is 1. The highest BCUT2D eigenvalue weighted by atomic mass is 16.3. The van der Waals surface area contributed by atoms with Crippen LogP contribution in [0, 0.1) is 12.8 Å². The number of hydrogen-bond donors (Lipinski definition) is 2. The Morgan fingerprint density at radius 2 is 2.21 bits per heavy atom. The molecule has 1 fully saturated rings. The molecule has 0 amide bonds. The number of aromatic hydroxyl groups is 1. The average Bonchev–Trinajstić information content (AvgIpc) is 2.93. The lowest BCUT2D eigenvalue weighted by atomic mass is 9.99. The monoisotopic (exact) mass is 191 g/mol. The fourth-order valence-electron chi connectivity index (χ4n) is 1.82. The van der Waals surface area contributed by atoms with E-state index in [1.165, 1.54) is 12.8 Å². The molecule has 0 aromatic heterocycles. The molecule has 3 N–H and O–H groups in total. The minimum atomic E-state index is 0.00222. The van der Waals surface area contributed by atoms with Crippen LogP contribution in [-0.2, 0) is 0 Å². The van der Waals surface area contributed by atoms with Gasteiger partial charge in [-0.1, -0.05) is 31.0 Å². The predicted octanol–water partition coefficient (Wildman–Crippen LogP) is 2.50. The van der Waals surface area contributed by atoms with Gasteiger partial charge in [0.15, 0.2) is 0 Å². The van der Waals surface area contributed by atoms with Gasteiger partial charge in [-0.3, -0.25) is 0 Å². The largest absolute Gasteiger partial charge is 0.507 e. The molecule has 0 aliphatic heterocycles. The molecule has 0 radical (unpaired) electrons. The zero-order valence-corrected chi connectivity index (χ0v) is 8.53. The van der Waals surface area contributed by atoms with E-state index in [2.05, 4.69) is 0 Å². The maximum Gasteiger partial charge on any atom is 0.123 e. The van der Waals surface area contributed by atoms with Crippen molar-refractivity contribution in [3.63, 3.8) is 0 Å². The lowest BCUT2D eigenvalue weighted by molar-refractivity contribution is 0.451. The van der Waals surface area contributed by atoms with Crippen LogP contribution in [-0.4, -0.2) is 5.11 Å². The number of rotatable bonds is 3. The molecule has 2 nitrogen and oxygen atoms in total. The highest BCUT2D eigenvalue weighted by Crippen LogP contribution is 2.38. The summed E-state index contributed by atoms with van der Waals surface area (Å²) in [7, 11) is 0. The smallest absolute Gasteiger partial charge is 0.123 e. The van der Waals surface area contributed by atoms with Crippen molar-refractivity contribution in [3.8, 4) is 5.75 Å². The number of benzene rings is 1. The summed E-state index contributed by atoms with van der Waals surface area (Å²) in [6, 6.07) is 5.79. The average molecular weight is 191 g/mol. The minimum absolute atomic E-state index is 0.00222. The second-order valence-electron chi connectivity index (χ2n) is 4.30. The highest BCUT2D eigenvalue weighted by Gasteiger charge is 2.25. The molecule has 1 aliphatic rings. The number of hydrogen-bond acceptors (Lipinski definition) is 2. The summed E-state index contributed by atoms with van der Waals surface area (Å²) in [6.07, 6.45) is 3.62. The molecule has 0 heterocycles. The van der Waals surface area contributed by atoms with E-state index in [1.807, 2.05) is 25.1 Å². The molecule has 1 aromatic rings. The zero-order chi connectivity index (χ0) is 10.1. The normalized spacial score (nSPS) is 18.1. The molecular formula is C12H17NO. The minimum Gasteiger partial charge on any atom is -0.507 e. The summed E-state index contributed by atoms with van der Waals surface area (Å²) in [6.45, 7) is 1.91. The van der Waals surface area contributed by atoms with Crippen molar-refractivity contribution >= 4 is 0 Å². The molecule has 1 saturated carbocycles. The van der Waals surface area contributed by atoms with Crippen LogP contribution in [0.4, 0.5) is 0 Å². The first-order valence-corrected chi connectivity index (χ1v) is 5.22. The zero-order valence-electron chi connectivity index (χ0n) is 8.53. The van der Waals surface area contributed by atoms with Gasteiger partial charge in [-0.2, -0.15) is 0 Å². The number of phenolic OH excluding ortho intramolecular Hbond substituents is 1. The van der Waals surface area contributed by atoms with Gasteiger partial charge in [-0.05, 0) is 24.8 Å². The van der Waals surface area contributed by atoms with E-state index in [0.717, 1.165) is 23.5 Å². The first-order valence-electron chi connectivity index (χ1n) is 5.22. The molecule has 0 bridgehead atoms. The van der Waals surface area contributed by atoms with Crippen LogP contribution >= 0.6 is 0 Å². The highest BCUT2D eigenvalue weighted by molar-refractivity contribution is 5.41. The van der Waals surface area contributed by atoms with Crippen LogP contribution in [0.25, 0.3) is 0 Å². The Bertz CT molecular complexity index is 331. The van der Waals surface area contributed by atoms with Crippen molar-refractivity contribution in [2.75, 3.05) is 0 Å². The van der Waals surface area contributed by atoms with E-state index in [-0.39, 0.29) is 6.04 Å². The van der Waals surface area contributed by atoms with Crippen molar-refractivity contribution in [2.24, 2.45) is 11.7 Å². The Morgan fingerprint density at radius 1 is 1.50 bits per heavy atom. The van der Waals surface area contributed by atoms with E-state index in [1.54, 1.807) is 0 Å². The van der Waals surface area contributed by atoms with Gasteiger partial charge in [-0.25, -0.2) is 0 Å². The van der Waals surface area contributed by atoms with E-state index in [4.69, 9.17) is 5.73 Å². The first-order chi connectivity index (χ1) is 6.68. The molecule has 2 rings (SSSR count). The molecule has 0 unspecified atom stereocenters. The summed E-state index contributed by atoms with van der Waals surface area (Å²) >= 11 is 0. The van der Waals surface area contributed by atoms with Crippen molar-refractivity contribution in [1.82, 2.24) is 0 Å². The molecule has 76 valence electrons. The van der Waals surface area contributed by atoms with Gasteiger partial charge in [0.25, 0.3) is 0 Å². The maximum absolute atomic E-state index is 9.82. The fraction of sp³-hybridized carbons (Fsp3) is 0.500. The van der Waals surface area contributed by atoms with E-state index in [9.17, 15) is 5.11 Å². The molecule has 1 aromatic carbocycles. The number of aryl methyl sites for hydroxylation is 1. The second kappa shape index (κ2) is 3.62. The lowest BCUT2D eigenvalue weighted by Crippen LogP contribution is -2.11. The third-order valence-electron chi connectivity index (χ3n) is 2.95. The summed E-state index contributed by atoms with van der Waals surface area (Å²) in [5.41, 5.74) is 7.86. The van der Waals surface area contributed by atoms with Crippen LogP contribution in [0.1, 0.15) is 36.4 Å². The van der Waals surface area contributed by atoms with E-state index >= 15 is 0 Å². The van der Waals surface area contributed by atoms with Gasteiger partial charge in [0.2, 0.25) is 0 Å². The van der Waals surface area contributed by atoms with Crippen LogP contribution in [0.3, 0.4) is 0 Å². The number of phenols is 1. The third kappa shape index (κ3) is 1.90. The summed E-state index contributed by atoms with van der Waals surface area (Å²) in [5, 5.41) is 9.82. The Morgan fingerprint density at radius 3 is 2.86 bits per heavy atom. The molecule has 2 heteroatoms. The van der Waals surface area contributed by atoms with Gasteiger partial charge in [0.05, 0.1) is 0 Å². The molecule has 0 saturated heterocycles. The molecule has 1 atom stereocenters. The van der Waals surface area contributed by atoms with Crippen LogP contribution < -0.4 is 5.73 Å². The Kier molecular flexibility index (Phi) is 2.46. The Hall–Kier alpha value is -1.02. The van der Waals surface area contributed by atoms with E-state index < -0.39 is 0 Å².